The number of carbonyl (C=O) groups excluding carboxylic acids is 1. The molecule has 0 aliphatic rings. The number of pyridine rings is 1. The molecule has 0 aliphatic carbocycles. The molecule has 4 N–H and O–H groups in total. The molecule has 0 atom stereocenters. The Morgan fingerprint density at radius 2 is 2.08 bits per heavy atom. The normalized spacial score (nSPS) is 10.5. The lowest BCUT2D eigenvalue weighted by molar-refractivity contribution is 0.0949. The number of unbranched alkanes of at least 4 members (excludes halogenated alkanes) is 2. The van der Waals surface area contributed by atoms with E-state index in [2.05, 4.69) is 32.5 Å². The van der Waals surface area contributed by atoms with E-state index in [-0.39, 0.29) is 17.3 Å². The van der Waals surface area contributed by atoms with Crippen molar-refractivity contribution in [2.45, 2.75) is 39.0 Å². The Kier molecular flexibility index (Phi) is 7.07. The Hall–Kier alpha value is -2.57. The van der Waals surface area contributed by atoms with Crippen LogP contribution in [0.4, 0.5) is 5.82 Å². The van der Waals surface area contributed by atoms with Gasteiger partial charge in [0.25, 0.3) is 5.91 Å². The molecule has 0 spiro atoms. The molecular formula is C17H25N5O2. The highest BCUT2D eigenvalue weighted by atomic mass is 16.2. The van der Waals surface area contributed by atoms with Gasteiger partial charge in [-0.1, -0.05) is 25.8 Å². The molecule has 7 heteroatoms. The Morgan fingerprint density at radius 1 is 1.21 bits per heavy atom. The number of imidazole rings is 1. The number of hydrogen-bond acceptors (Lipinski definition) is 4. The third kappa shape index (κ3) is 5.57. The lowest BCUT2D eigenvalue weighted by Crippen LogP contribution is -2.26. The molecule has 0 unspecified atom stereocenters. The summed E-state index contributed by atoms with van der Waals surface area (Å²) in [7, 11) is 0. The van der Waals surface area contributed by atoms with Gasteiger partial charge in [-0.2, -0.15) is 0 Å². The molecule has 0 aromatic carbocycles. The van der Waals surface area contributed by atoms with Crippen LogP contribution in [0, 0.1) is 0 Å². The van der Waals surface area contributed by atoms with Crippen molar-refractivity contribution in [1.82, 2.24) is 20.3 Å². The Bertz CT molecular complexity index is 678. The topological polar surface area (TPSA) is 103 Å². The lowest BCUT2D eigenvalue weighted by atomic mass is 10.1. The van der Waals surface area contributed by atoms with E-state index in [0.717, 1.165) is 44.2 Å². The number of aromatic nitrogens is 3. The lowest BCUT2D eigenvalue weighted by Gasteiger charge is -2.07. The van der Waals surface area contributed by atoms with E-state index in [9.17, 15) is 9.59 Å². The molecular weight excluding hydrogens is 306 g/mol. The first-order valence-corrected chi connectivity index (χ1v) is 8.44. The van der Waals surface area contributed by atoms with Gasteiger partial charge in [-0.05, 0) is 30.9 Å². The van der Waals surface area contributed by atoms with Crippen LogP contribution in [-0.4, -0.2) is 33.9 Å². The fraction of sp³-hybridized carbons (Fsp3) is 0.471. The first-order valence-electron chi connectivity index (χ1n) is 8.44. The molecule has 0 saturated carbocycles. The molecule has 0 fully saturated rings. The van der Waals surface area contributed by atoms with Crippen LogP contribution in [0.15, 0.2) is 29.3 Å². The summed E-state index contributed by atoms with van der Waals surface area (Å²) in [5, 5.41) is 5.95. The fourth-order valence-electron chi connectivity index (χ4n) is 2.40. The fourth-order valence-corrected chi connectivity index (χ4v) is 2.40. The smallest absolute Gasteiger partial charge is 0.325 e. The average molecular weight is 331 g/mol. The third-order valence-corrected chi connectivity index (χ3v) is 3.69. The molecule has 2 aromatic rings. The molecule has 0 saturated heterocycles. The Labute approximate surface area is 141 Å². The molecule has 1 amide bonds. The first-order chi connectivity index (χ1) is 11.7. The quantitative estimate of drug-likeness (QED) is 0.500. The van der Waals surface area contributed by atoms with Crippen LogP contribution in [0.5, 0.6) is 0 Å². The number of aromatic amines is 2. The van der Waals surface area contributed by atoms with Crippen molar-refractivity contribution < 1.29 is 4.79 Å². The molecule has 24 heavy (non-hydrogen) atoms. The van der Waals surface area contributed by atoms with Gasteiger partial charge >= 0.3 is 5.69 Å². The first kappa shape index (κ1) is 17.8. The van der Waals surface area contributed by atoms with Gasteiger partial charge in [0, 0.05) is 25.5 Å². The minimum absolute atomic E-state index is 0.262. The highest BCUT2D eigenvalue weighted by molar-refractivity contribution is 5.96. The monoisotopic (exact) mass is 331 g/mol. The maximum atomic E-state index is 12.2. The van der Waals surface area contributed by atoms with Gasteiger partial charge in [-0.25, -0.2) is 4.79 Å². The molecule has 7 nitrogen and oxygen atoms in total. The van der Waals surface area contributed by atoms with E-state index >= 15 is 0 Å². The summed E-state index contributed by atoms with van der Waals surface area (Å²) in [5.41, 5.74) is 1.02. The van der Waals surface area contributed by atoms with Crippen LogP contribution < -0.4 is 16.3 Å². The molecule has 130 valence electrons. The highest BCUT2D eigenvalue weighted by Gasteiger charge is 2.14. The predicted octanol–water partition coefficient (Wildman–Crippen LogP) is 2.06. The molecule has 2 heterocycles. The van der Waals surface area contributed by atoms with E-state index in [1.54, 1.807) is 6.20 Å². The Morgan fingerprint density at radius 3 is 2.83 bits per heavy atom. The van der Waals surface area contributed by atoms with Crippen LogP contribution in [0.1, 0.15) is 48.7 Å². The maximum Gasteiger partial charge on any atom is 0.325 e. The number of hydrogen-bond donors (Lipinski definition) is 4. The van der Waals surface area contributed by atoms with Gasteiger partial charge in [0.2, 0.25) is 0 Å². The van der Waals surface area contributed by atoms with E-state index in [0.29, 0.717) is 12.4 Å². The van der Waals surface area contributed by atoms with Crippen molar-refractivity contribution in [1.29, 1.82) is 0 Å². The summed E-state index contributed by atoms with van der Waals surface area (Å²) in [6.45, 7) is 3.39. The second kappa shape index (κ2) is 9.54. The van der Waals surface area contributed by atoms with Gasteiger partial charge in [-0.15, -0.1) is 0 Å². The average Bonchev–Trinajstić information content (AvgIpc) is 2.97. The van der Waals surface area contributed by atoms with Crippen LogP contribution in [0.2, 0.25) is 0 Å². The van der Waals surface area contributed by atoms with Crippen molar-refractivity contribution in [2.24, 2.45) is 0 Å². The summed E-state index contributed by atoms with van der Waals surface area (Å²) in [5.74, 6) is 0.179. The van der Waals surface area contributed by atoms with Crippen LogP contribution >= 0.6 is 0 Å². The number of nitrogens with zero attached hydrogens (tertiary/aromatic N) is 1. The Balaban J connectivity index is 1.80. The van der Waals surface area contributed by atoms with Crippen molar-refractivity contribution in [3.8, 4) is 0 Å². The zero-order chi connectivity index (χ0) is 17.2. The number of aryl methyl sites for hydroxylation is 1. The molecule has 0 aliphatic heterocycles. The van der Waals surface area contributed by atoms with Gasteiger partial charge in [0.15, 0.2) is 0 Å². The zero-order valence-corrected chi connectivity index (χ0v) is 14.0. The van der Waals surface area contributed by atoms with E-state index in [4.69, 9.17) is 0 Å². The predicted molar refractivity (Wildman–Crippen MR) is 94.3 cm³/mol. The summed E-state index contributed by atoms with van der Waals surface area (Å²) >= 11 is 0. The van der Waals surface area contributed by atoms with Gasteiger partial charge in [0.1, 0.15) is 11.5 Å². The number of nitrogens with one attached hydrogen (secondary N) is 4. The molecule has 0 bridgehead atoms. The number of carbonyl (C=O) groups is 1. The molecule has 2 rings (SSSR count). The van der Waals surface area contributed by atoms with Gasteiger partial charge in [-0.3, -0.25) is 19.7 Å². The second-order valence-corrected chi connectivity index (χ2v) is 5.68. The second-order valence-electron chi connectivity index (χ2n) is 5.68. The highest BCUT2D eigenvalue weighted by Crippen LogP contribution is 2.08. The summed E-state index contributed by atoms with van der Waals surface area (Å²) < 4.78 is 0. The number of H-pyrrole nitrogens is 2. The third-order valence-electron chi connectivity index (χ3n) is 3.69. The van der Waals surface area contributed by atoms with E-state index in [1.165, 1.54) is 0 Å². The van der Waals surface area contributed by atoms with Crippen molar-refractivity contribution in [3.05, 3.63) is 46.3 Å². The van der Waals surface area contributed by atoms with Crippen molar-refractivity contribution in [2.75, 3.05) is 18.4 Å². The molecule has 0 radical (unpaired) electrons. The molecule has 2 aromatic heterocycles. The van der Waals surface area contributed by atoms with Crippen LogP contribution in [-0.2, 0) is 6.42 Å². The minimum atomic E-state index is -0.381. The largest absolute Gasteiger partial charge is 0.370 e. The summed E-state index contributed by atoms with van der Waals surface area (Å²) in [6.07, 6.45) is 8.45. The maximum absolute atomic E-state index is 12.2. The van der Waals surface area contributed by atoms with Gasteiger partial charge in [0.05, 0.1) is 0 Å². The SMILES string of the molecule is CCCCCNc1[nH]c(=O)[nH]c1C(=O)NCCCc1cccnc1. The minimum Gasteiger partial charge on any atom is -0.370 e. The van der Waals surface area contributed by atoms with Gasteiger partial charge < -0.3 is 10.6 Å². The van der Waals surface area contributed by atoms with Crippen LogP contribution in [0.25, 0.3) is 0 Å². The number of rotatable bonds is 10. The van der Waals surface area contributed by atoms with Crippen molar-refractivity contribution in [3.63, 3.8) is 0 Å². The number of amides is 1. The zero-order valence-electron chi connectivity index (χ0n) is 14.0. The summed E-state index contributed by atoms with van der Waals surface area (Å²) in [6, 6.07) is 3.91. The van der Waals surface area contributed by atoms with Crippen LogP contribution in [0.3, 0.4) is 0 Å². The summed E-state index contributed by atoms with van der Waals surface area (Å²) in [4.78, 5) is 32.9. The van der Waals surface area contributed by atoms with E-state index < -0.39 is 0 Å². The number of anilines is 1. The van der Waals surface area contributed by atoms with Crippen molar-refractivity contribution >= 4 is 11.7 Å². The van der Waals surface area contributed by atoms with E-state index in [1.807, 2.05) is 18.3 Å². The standard InChI is InChI=1S/C17H25N5O2/c1-2-3-4-10-19-15-14(21-17(24)22-15)16(23)20-11-6-8-13-7-5-9-18-12-13/h5,7,9,12,19H,2-4,6,8,10-11H2,1H3,(H,20,23)(H2,21,22,24).